The molecule has 3 aromatic carbocycles. The van der Waals surface area contributed by atoms with Crippen LogP contribution in [0.2, 0.25) is 5.02 Å². The van der Waals surface area contributed by atoms with Crippen LogP contribution in [0.3, 0.4) is 0 Å². The van der Waals surface area contributed by atoms with Crippen molar-refractivity contribution in [3.05, 3.63) is 94.5 Å². The molecule has 2 aliphatic heterocycles. The molecule has 3 amide bonds. The van der Waals surface area contributed by atoms with Crippen molar-refractivity contribution in [3.8, 4) is 0 Å². The summed E-state index contributed by atoms with van der Waals surface area (Å²) in [4.78, 5) is 28.8. The molecule has 0 aliphatic carbocycles. The molecule has 1 fully saturated rings. The van der Waals surface area contributed by atoms with E-state index in [1.54, 1.807) is 36.4 Å². The van der Waals surface area contributed by atoms with Crippen molar-refractivity contribution in [1.29, 1.82) is 0 Å². The first-order chi connectivity index (χ1) is 15.9. The van der Waals surface area contributed by atoms with E-state index in [9.17, 15) is 18.4 Å². The van der Waals surface area contributed by atoms with Crippen molar-refractivity contribution in [3.63, 3.8) is 0 Å². The van der Waals surface area contributed by atoms with Gasteiger partial charge in [-0.2, -0.15) is 0 Å². The smallest absolute Gasteiger partial charge is 0.308 e. The minimum Gasteiger partial charge on any atom is -0.308 e. The number of hydrogen-bond donors (Lipinski definition) is 1. The average Bonchev–Trinajstić information content (AvgIpc) is 3.34. The summed E-state index contributed by atoms with van der Waals surface area (Å²) >= 11 is 7.30. The highest BCUT2D eigenvalue weighted by molar-refractivity contribution is 8.01. The molecule has 5 nitrogen and oxygen atoms in total. The normalized spacial score (nSPS) is 19.3. The van der Waals surface area contributed by atoms with Gasteiger partial charge in [0.25, 0.3) is 5.91 Å². The molecule has 2 aliphatic rings. The Kier molecular flexibility index (Phi) is 5.50. The molecule has 0 aromatic heterocycles. The predicted molar refractivity (Wildman–Crippen MR) is 125 cm³/mol. The van der Waals surface area contributed by atoms with Crippen LogP contribution in [-0.4, -0.2) is 29.1 Å². The Hall–Kier alpha value is -3.10. The molecule has 168 valence electrons. The van der Waals surface area contributed by atoms with Crippen LogP contribution in [0.15, 0.2) is 66.7 Å². The number of rotatable bonds is 3. The van der Waals surface area contributed by atoms with Crippen molar-refractivity contribution in [2.75, 3.05) is 22.5 Å². The number of hydrogen-bond acceptors (Lipinski definition) is 3. The van der Waals surface area contributed by atoms with Gasteiger partial charge in [0, 0.05) is 40.2 Å². The first-order valence-electron chi connectivity index (χ1n) is 10.2. The highest BCUT2D eigenvalue weighted by atomic mass is 35.5. The van der Waals surface area contributed by atoms with Gasteiger partial charge in [0.1, 0.15) is 11.6 Å². The average molecular weight is 486 g/mol. The van der Waals surface area contributed by atoms with Gasteiger partial charge >= 0.3 is 6.03 Å². The van der Waals surface area contributed by atoms with Crippen LogP contribution in [0, 0.1) is 11.6 Å². The monoisotopic (exact) mass is 485 g/mol. The summed E-state index contributed by atoms with van der Waals surface area (Å²) in [6.45, 7) is 0.291. The summed E-state index contributed by atoms with van der Waals surface area (Å²) in [7, 11) is 0. The maximum Gasteiger partial charge on any atom is 0.323 e. The lowest BCUT2D eigenvalue weighted by Gasteiger charge is -2.33. The molecule has 0 saturated carbocycles. The number of fused-ring (bicyclic) bond motifs is 2. The third kappa shape index (κ3) is 3.63. The summed E-state index contributed by atoms with van der Waals surface area (Å²) in [5.41, 5.74) is 2.02. The number of para-hydroxylation sites is 1. The molecule has 1 spiro atoms. The van der Waals surface area contributed by atoms with Crippen LogP contribution in [0.1, 0.15) is 11.1 Å². The van der Waals surface area contributed by atoms with Gasteiger partial charge in [-0.25, -0.2) is 13.6 Å². The number of anilines is 2. The molecular weight excluding hydrogens is 468 g/mol. The first-order valence-corrected chi connectivity index (χ1v) is 11.6. The summed E-state index contributed by atoms with van der Waals surface area (Å²) in [5, 5.41) is 3.38. The van der Waals surface area contributed by atoms with E-state index in [1.807, 2.05) is 12.1 Å². The lowest BCUT2D eigenvalue weighted by Crippen LogP contribution is -2.51. The second-order valence-electron chi connectivity index (χ2n) is 7.73. The Morgan fingerprint density at radius 3 is 2.61 bits per heavy atom. The molecule has 0 radical (unpaired) electrons. The molecule has 1 N–H and O–H groups in total. The van der Waals surface area contributed by atoms with Crippen LogP contribution in [0.4, 0.5) is 25.0 Å². The van der Waals surface area contributed by atoms with Gasteiger partial charge in [-0.15, -0.1) is 11.8 Å². The highest BCUT2D eigenvalue weighted by Gasteiger charge is 2.59. The van der Waals surface area contributed by atoms with E-state index < -0.39 is 22.5 Å². The maximum absolute atomic E-state index is 14.4. The van der Waals surface area contributed by atoms with Gasteiger partial charge < -0.3 is 10.2 Å². The SMILES string of the molecule is O=C(Nc1ccc(Cl)cc1)N1CCSC12C(=O)N(Cc1ccc(F)cc1F)c1ccccc12. The molecule has 1 unspecified atom stereocenters. The quantitative estimate of drug-likeness (QED) is 0.525. The lowest BCUT2D eigenvalue weighted by atomic mass is 10.1. The molecule has 9 heteroatoms. The number of thioether (sulfide) groups is 1. The summed E-state index contributed by atoms with van der Waals surface area (Å²) in [5.74, 6) is -1.18. The molecule has 1 saturated heterocycles. The number of nitrogens with zero attached hydrogens (tertiary/aromatic N) is 2. The Balaban J connectivity index is 1.50. The molecular formula is C24H18ClF2N3O2S. The van der Waals surface area contributed by atoms with Crippen LogP contribution in [0.5, 0.6) is 0 Å². The summed E-state index contributed by atoms with van der Waals surface area (Å²) in [6.07, 6.45) is 0. The molecule has 33 heavy (non-hydrogen) atoms. The fourth-order valence-electron chi connectivity index (χ4n) is 4.27. The molecule has 5 rings (SSSR count). The van der Waals surface area contributed by atoms with Gasteiger partial charge in [-0.05, 0) is 36.4 Å². The van der Waals surface area contributed by atoms with Crippen molar-refractivity contribution in [2.45, 2.75) is 11.4 Å². The number of nitrogens with one attached hydrogen (secondary N) is 1. The van der Waals surface area contributed by atoms with Crippen molar-refractivity contribution in [2.24, 2.45) is 0 Å². The third-order valence-electron chi connectivity index (χ3n) is 5.79. The van der Waals surface area contributed by atoms with Gasteiger partial charge in [0.05, 0.1) is 12.2 Å². The first kappa shape index (κ1) is 21.7. The van der Waals surface area contributed by atoms with E-state index in [0.717, 1.165) is 12.1 Å². The Labute approximate surface area is 198 Å². The van der Waals surface area contributed by atoms with E-state index in [-0.39, 0.29) is 18.0 Å². The molecule has 2 heterocycles. The van der Waals surface area contributed by atoms with Gasteiger partial charge in [-0.3, -0.25) is 9.69 Å². The zero-order valence-electron chi connectivity index (χ0n) is 17.2. The van der Waals surface area contributed by atoms with Crippen LogP contribution in [-0.2, 0) is 16.2 Å². The Morgan fingerprint density at radius 2 is 1.85 bits per heavy atom. The maximum atomic E-state index is 14.4. The minimum atomic E-state index is -1.26. The van der Waals surface area contributed by atoms with E-state index in [2.05, 4.69) is 5.32 Å². The lowest BCUT2D eigenvalue weighted by molar-refractivity contribution is -0.123. The molecule has 3 aromatic rings. The summed E-state index contributed by atoms with van der Waals surface area (Å²) in [6, 6.07) is 16.8. The zero-order chi connectivity index (χ0) is 23.2. The van der Waals surface area contributed by atoms with Gasteiger partial charge in [-0.1, -0.05) is 35.9 Å². The van der Waals surface area contributed by atoms with E-state index in [0.29, 0.717) is 34.3 Å². The number of halogens is 3. The fourth-order valence-corrected chi connectivity index (χ4v) is 5.86. The van der Waals surface area contributed by atoms with Gasteiger partial charge in [0.2, 0.25) is 0 Å². The minimum absolute atomic E-state index is 0.0725. The summed E-state index contributed by atoms with van der Waals surface area (Å²) < 4.78 is 27.8. The molecule has 1 atom stereocenters. The number of carbonyl (C=O) groups is 2. The number of urea groups is 1. The van der Waals surface area contributed by atoms with Gasteiger partial charge in [0.15, 0.2) is 4.87 Å². The second-order valence-corrected chi connectivity index (χ2v) is 9.45. The van der Waals surface area contributed by atoms with Crippen LogP contribution < -0.4 is 10.2 Å². The van der Waals surface area contributed by atoms with E-state index in [4.69, 9.17) is 11.6 Å². The third-order valence-corrected chi connectivity index (χ3v) is 7.46. The highest BCUT2D eigenvalue weighted by Crippen LogP contribution is 2.54. The van der Waals surface area contributed by atoms with E-state index in [1.165, 1.54) is 27.6 Å². The van der Waals surface area contributed by atoms with Crippen LogP contribution >= 0.6 is 23.4 Å². The zero-order valence-corrected chi connectivity index (χ0v) is 18.8. The van der Waals surface area contributed by atoms with Crippen LogP contribution in [0.25, 0.3) is 0 Å². The Morgan fingerprint density at radius 1 is 1.09 bits per heavy atom. The largest absolute Gasteiger partial charge is 0.323 e. The Bertz CT molecular complexity index is 1260. The van der Waals surface area contributed by atoms with Crippen molar-refractivity contribution >= 4 is 46.7 Å². The standard InChI is InChI=1S/C24H18ClF2N3O2S/c25-16-6-9-18(10-7-16)28-23(32)30-11-12-33-24(30)19-3-1-2-4-21(19)29(22(24)31)14-15-5-8-17(26)13-20(15)27/h1-10,13H,11-12,14H2,(H,28,32). The van der Waals surface area contributed by atoms with Crippen molar-refractivity contribution in [1.82, 2.24) is 4.90 Å². The number of carbonyl (C=O) groups excluding carboxylic acids is 2. The molecule has 0 bridgehead atoms. The topological polar surface area (TPSA) is 52.7 Å². The number of benzene rings is 3. The van der Waals surface area contributed by atoms with E-state index >= 15 is 0 Å². The number of amides is 3. The second kappa shape index (κ2) is 8.35. The predicted octanol–water partition coefficient (Wildman–Crippen LogP) is 5.60. The fraction of sp³-hybridized carbons (Fsp3) is 0.167. The van der Waals surface area contributed by atoms with Crippen molar-refractivity contribution < 1.29 is 18.4 Å².